The number of rotatable bonds is 2. The van der Waals surface area contributed by atoms with E-state index in [0.29, 0.717) is 17.9 Å². The molecule has 0 spiro atoms. The maximum absolute atomic E-state index is 12.8. The fourth-order valence-corrected chi connectivity index (χ4v) is 3.45. The Bertz CT molecular complexity index is 793. The van der Waals surface area contributed by atoms with E-state index in [1.807, 2.05) is 6.92 Å². The second-order valence-corrected chi connectivity index (χ2v) is 8.04. The third-order valence-corrected chi connectivity index (χ3v) is 4.72. The minimum absolute atomic E-state index is 0.182. The summed E-state index contributed by atoms with van der Waals surface area (Å²) in [4.78, 5) is 56.8. The maximum Gasteiger partial charge on any atom is 0.411 e. The fourth-order valence-electron chi connectivity index (χ4n) is 3.45. The van der Waals surface area contributed by atoms with Crippen LogP contribution in [0.4, 0.5) is 4.79 Å². The Morgan fingerprint density at radius 3 is 2.14 bits per heavy atom. The summed E-state index contributed by atoms with van der Waals surface area (Å²) in [5, 5.41) is 0.472. The molecule has 3 rings (SSSR count). The van der Waals surface area contributed by atoms with Crippen molar-refractivity contribution in [2.45, 2.75) is 64.6 Å². The highest BCUT2D eigenvalue weighted by Crippen LogP contribution is 2.28. The molecule has 1 aromatic rings. The first-order chi connectivity index (χ1) is 13.1. The third-order valence-electron chi connectivity index (χ3n) is 4.72. The highest BCUT2D eigenvalue weighted by Gasteiger charge is 2.44. The van der Waals surface area contributed by atoms with Crippen LogP contribution >= 0.6 is 0 Å². The Balaban J connectivity index is 1.78. The SMILES string of the molecule is C[C@@H]1CCC[C@H](C(=O)ON2C(=O)c3ccccc3C2=O)N1C(=O)OC(C)(C)C. The monoisotopic (exact) mass is 388 g/mol. The second kappa shape index (κ2) is 7.26. The van der Waals surface area contributed by atoms with Crippen LogP contribution < -0.4 is 0 Å². The van der Waals surface area contributed by atoms with Crippen LogP contribution in [0, 0.1) is 0 Å². The van der Waals surface area contributed by atoms with Crippen molar-refractivity contribution < 1.29 is 28.8 Å². The Hall–Kier alpha value is -2.90. The molecule has 2 aliphatic rings. The van der Waals surface area contributed by atoms with E-state index < -0.39 is 35.5 Å². The number of carbonyl (C=O) groups excluding carboxylic acids is 4. The minimum atomic E-state index is -0.928. The van der Waals surface area contributed by atoms with E-state index in [1.54, 1.807) is 32.9 Å². The van der Waals surface area contributed by atoms with Crippen LogP contribution in [0.1, 0.15) is 67.7 Å². The average molecular weight is 388 g/mol. The van der Waals surface area contributed by atoms with Crippen molar-refractivity contribution in [3.63, 3.8) is 0 Å². The molecule has 1 fully saturated rings. The van der Waals surface area contributed by atoms with Crippen LogP contribution in [0.5, 0.6) is 0 Å². The van der Waals surface area contributed by atoms with E-state index in [0.717, 1.165) is 6.42 Å². The number of likely N-dealkylation sites (tertiary alicyclic amines) is 1. The maximum atomic E-state index is 12.8. The van der Waals surface area contributed by atoms with Gasteiger partial charge in [-0.25, -0.2) is 9.59 Å². The Kier molecular flexibility index (Phi) is 5.14. The summed E-state index contributed by atoms with van der Waals surface area (Å²) in [6.07, 6.45) is 1.17. The zero-order chi connectivity index (χ0) is 20.6. The lowest BCUT2D eigenvalue weighted by molar-refractivity contribution is -0.177. The normalized spacial score (nSPS) is 22.1. The number of hydrogen-bond acceptors (Lipinski definition) is 6. The summed E-state index contributed by atoms with van der Waals surface area (Å²) >= 11 is 0. The largest absolute Gasteiger partial charge is 0.444 e. The Labute approximate surface area is 163 Å². The molecule has 0 aromatic heterocycles. The first-order valence-electron chi connectivity index (χ1n) is 9.31. The van der Waals surface area contributed by atoms with E-state index in [-0.39, 0.29) is 17.2 Å². The van der Waals surface area contributed by atoms with Crippen molar-refractivity contribution >= 4 is 23.9 Å². The van der Waals surface area contributed by atoms with Crippen LogP contribution in [-0.4, -0.2) is 51.5 Å². The molecular weight excluding hydrogens is 364 g/mol. The molecule has 0 radical (unpaired) electrons. The van der Waals surface area contributed by atoms with Gasteiger partial charge in [-0.05, 0) is 59.1 Å². The molecule has 2 aliphatic heterocycles. The zero-order valence-corrected chi connectivity index (χ0v) is 16.4. The summed E-state index contributed by atoms with van der Waals surface area (Å²) in [7, 11) is 0. The fraction of sp³-hybridized carbons (Fsp3) is 0.500. The molecular formula is C20H24N2O6. The number of hydroxylamine groups is 2. The van der Waals surface area contributed by atoms with Crippen molar-refractivity contribution in [2.75, 3.05) is 0 Å². The van der Waals surface area contributed by atoms with Gasteiger partial charge in [-0.15, -0.1) is 0 Å². The molecule has 28 heavy (non-hydrogen) atoms. The number of amides is 3. The summed E-state index contributed by atoms with van der Waals surface area (Å²) in [6.45, 7) is 7.05. The van der Waals surface area contributed by atoms with Gasteiger partial charge in [0.1, 0.15) is 11.6 Å². The van der Waals surface area contributed by atoms with Crippen molar-refractivity contribution in [3.05, 3.63) is 35.4 Å². The molecule has 150 valence electrons. The molecule has 3 amide bonds. The molecule has 8 heteroatoms. The van der Waals surface area contributed by atoms with E-state index in [9.17, 15) is 19.2 Å². The van der Waals surface area contributed by atoms with Crippen LogP contribution in [0.25, 0.3) is 0 Å². The van der Waals surface area contributed by atoms with Crippen molar-refractivity contribution in [2.24, 2.45) is 0 Å². The van der Waals surface area contributed by atoms with E-state index in [2.05, 4.69) is 0 Å². The van der Waals surface area contributed by atoms with Crippen molar-refractivity contribution in [1.82, 2.24) is 9.96 Å². The summed E-state index contributed by atoms with van der Waals surface area (Å²) in [6, 6.07) is 5.09. The van der Waals surface area contributed by atoms with E-state index in [4.69, 9.17) is 9.57 Å². The number of fused-ring (bicyclic) bond motifs is 1. The molecule has 0 saturated carbocycles. The van der Waals surface area contributed by atoms with Gasteiger partial charge < -0.3 is 9.57 Å². The number of nitrogens with zero attached hydrogens (tertiary/aromatic N) is 2. The lowest BCUT2D eigenvalue weighted by Gasteiger charge is -2.39. The van der Waals surface area contributed by atoms with Gasteiger partial charge in [-0.1, -0.05) is 17.2 Å². The van der Waals surface area contributed by atoms with Crippen LogP contribution in [-0.2, 0) is 14.4 Å². The van der Waals surface area contributed by atoms with Gasteiger partial charge in [0.2, 0.25) is 0 Å². The number of imide groups is 1. The smallest absolute Gasteiger partial charge is 0.411 e. The molecule has 2 atom stereocenters. The quantitative estimate of drug-likeness (QED) is 0.723. The van der Waals surface area contributed by atoms with Crippen LogP contribution in [0.2, 0.25) is 0 Å². The van der Waals surface area contributed by atoms with Gasteiger partial charge in [0.05, 0.1) is 11.1 Å². The van der Waals surface area contributed by atoms with Gasteiger partial charge in [0.15, 0.2) is 0 Å². The summed E-state index contributed by atoms with van der Waals surface area (Å²) in [5.41, 5.74) is -0.353. The van der Waals surface area contributed by atoms with Crippen molar-refractivity contribution in [1.29, 1.82) is 0 Å². The predicted octanol–water partition coefficient (Wildman–Crippen LogP) is 2.92. The number of piperidine rings is 1. The molecule has 0 unspecified atom stereocenters. The van der Waals surface area contributed by atoms with E-state index >= 15 is 0 Å². The van der Waals surface area contributed by atoms with E-state index in [1.165, 1.54) is 17.0 Å². The third kappa shape index (κ3) is 3.72. The second-order valence-electron chi connectivity index (χ2n) is 8.04. The number of ether oxygens (including phenoxy) is 1. The molecule has 0 bridgehead atoms. The molecule has 0 aliphatic carbocycles. The topological polar surface area (TPSA) is 93.2 Å². The first-order valence-corrected chi connectivity index (χ1v) is 9.31. The minimum Gasteiger partial charge on any atom is -0.444 e. The molecule has 8 nitrogen and oxygen atoms in total. The summed E-state index contributed by atoms with van der Waals surface area (Å²) in [5.74, 6) is -2.21. The van der Waals surface area contributed by atoms with Gasteiger partial charge in [-0.3, -0.25) is 14.5 Å². The lowest BCUT2D eigenvalue weighted by Crippen LogP contribution is -2.55. The van der Waals surface area contributed by atoms with Gasteiger partial charge in [0, 0.05) is 6.04 Å². The number of carbonyl (C=O) groups is 4. The zero-order valence-electron chi connectivity index (χ0n) is 16.4. The van der Waals surface area contributed by atoms with Gasteiger partial charge in [-0.2, -0.15) is 0 Å². The standard InChI is InChI=1S/C20H24N2O6/c1-12-8-7-11-15(21(12)19(26)27-20(2,3)4)18(25)28-22-16(23)13-9-5-6-10-14(13)17(22)24/h5-6,9-10,12,15H,7-8,11H2,1-4H3/t12-,15-/m1/s1. The Morgan fingerprint density at radius 1 is 1.04 bits per heavy atom. The van der Waals surface area contributed by atoms with Gasteiger partial charge in [0.25, 0.3) is 11.8 Å². The summed E-state index contributed by atoms with van der Waals surface area (Å²) < 4.78 is 5.42. The predicted molar refractivity (Wildman–Crippen MR) is 98.2 cm³/mol. The van der Waals surface area contributed by atoms with Crippen molar-refractivity contribution in [3.8, 4) is 0 Å². The molecule has 0 N–H and O–H groups in total. The average Bonchev–Trinajstić information content (AvgIpc) is 2.85. The highest BCUT2D eigenvalue weighted by molar-refractivity contribution is 6.20. The first kappa shape index (κ1) is 19.9. The Morgan fingerprint density at radius 2 is 1.61 bits per heavy atom. The van der Waals surface area contributed by atoms with Crippen LogP contribution in [0.15, 0.2) is 24.3 Å². The van der Waals surface area contributed by atoms with Gasteiger partial charge >= 0.3 is 12.1 Å². The number of hydrogen-bond donors (Lipinski definition) is 0. The molecule has 2 heterocycles. The lowest BCUT2D eigenvalue weighted by atomic mass is 9.97. The van der Waals surface area contributed by atoms with Crippen LogP contribution in [0.3, 0.4) is 0 Å². The molecule has 1 aromatic carbocycles. The number of benzene rings is 1. The molecule has 1 saturated heterocycles. The highest BCUT2D eigenvalue weighted by atomic mass is 16.7.